The largest absolute Gasteiger partial charge is 0.491 e. The van der Waals surface area contributed by atoms with Gasteiger partial charge in [0.2, 0.25) is 0 Å². The summed E-state index contributed by atoms with van der Waals surface area (Å²) < 4.78 is 19.7. The molecule has 0 saturated carbocycles. The average Bonchev–Trinajstić information content (AvgIpc) is 3.17. The summed E-state index contributed by atoms with van der Waals surface area (Å²) in [5.74, 6) is 2.92. The number of benzene rings is 2. The van der Waals surface area contributed by atoms with Crippen molar-refractivity contribution in [3.8, 4) is 23.8 Å². The molecule has 0 fully saturated rings. The Labute approximate surface area is 243 Å². The number of aromatic nitrogens is 1. The van der Waals surface area contributed by atoms with Gasteiger partial charge in [-0.3, -0.25) is 9.36 Å². The predicted octanol–water partition coefficient (Wildman–Crippen LogP) is 5.01. The number of fused-ring (bicyclic) bond motifs is 1. The third kappa shape index (κ3) is 5.98. The first-order chi connectivity index (χ1) is 18.7. The minimum Gasteiger partial charge on any atom is -0.491 e. The Morgan fingerprint density at radius 3 is 2.77 bits per heavy atom. The summed E-state index contributed by atoms with van der Waals surface area (Å²) in [4.78, 5) is 32.3. The van der Waals surface area contributed by atoms with Crippen LogP contribution in [0.1, 0.15) is 44.9 Å². The van der Waals surface area contributed by atoms with Gasteiger partial charge in [-0.15, -0.1) is 6.42 Å². The predicted molar refractivity (Wildman–Crippen MR) is 156 cm³/mol. The quantitative estimate of drug-likeness (QED) is 0.259. The van der Waals surface area contributed by atoms with Crippen LogP contribution in [0.2, 0.25) is 5.02 Å². The van der Waals surface area contributed by atoms with Gasteiger partial charge < -0.3 is 14.2 Å². The lowest BCUT2D eigenvalue weighted by Gasteiger charge is -2.26. The fourth-order valence-electron chi connectivity index (χ4n) is 4.25. The number of para-hydroxylation sites is 1. The number of thiazole rings is 1. The average molecular weight is 630 g/mol. The van der Waals surface area contributed by atoms with Gasteiger partial charge in [-0.2, -0.15) is 0 Å². The summed E-state index contributed by atoms with van der Waals surface area (Å²) >= 11 is 11.0. The number of ether oxygens (including phenoxy) is 3. The van der Waals surface area contributed by atoms with Gasteiger partial charge >= 0.3 is 5.97 Å². The molecule has 7 nitrogen and oxygen atoms in total. The lowest BCUT2D eigenvalue weighted by Crippen LogP contribution is -2.40. The van der Waals surface area contributed by atoms with Crippen LogP contribution in [-0.2, 0) is 9.53 Å². The highest BCUT2D eigenvalue weighted by Gasteiger charge is 2.35. The molecule has 3 aromatic rings. The minimum absolute atomic E-state index is 0.0387. The lowest BCUT2D eigenvalue weighted by atomic mass is 9.95. The number of terminal acetylenes is 1. The number of hydrogen-bond acceptors (Lipinski definition) is 7. The maximum Gasteiger partial charge on any atom is 0.338 e. The van der Waals surface area contributed by atoms with Crippen molar-refractivity contribution in [1.29, 1.82) is 0 Å². The molecular formula is C29H26BrClN2O5S. The van der Waals surface area contributed by atoms with E-state index in [0.717, 1.165) is 0 Å². The maximum absolute atomic E-state index is 14.0. The van der Waals surface area contributed by atoms with E-state index in [1.807, 2.05) is 38.1 Å². The molecule has 202 valence electrons. The smallest absolute Gasteiger partial charge is 0.338 e. The summed E-state index contributed by atoms with van der Waals surface area (Å²) in [6.45, 7) is 7.52. The molecule has 0 unspecified atom stereocenters. The Bertz CT molecular complexity index is 1680. The molecule has 2 aromatic carbocycles. The molecule has 1 aliphatic rings. The first kappa shape index (κ1) is 28.7. The standard InChI is InChI=1S/C29H26BrClN2O5S/c1-6-12-37-26-18(13-19(31)15-21(26)30)14-23-27(34)33-25(20-10-8-9-11-22(20)38-16(3)4)24(28(35)36-7-2)17(5)32-29(33)39-23/h1,8-11,13-16,25H,7,12H2,2-5H3/b23-14-/t25-/m0/s1. The highest BCUT2D eigenvalue weighted by Crippen LogP contribution is 2.36. The zero-order valence-electron chi connectivity index (χ0n) is 21.8. The Morgan fingerprint density at radius 2 is 2.08 bits per heavy atom. The van der Waals surface area contributed by atoms with Crippen LogP contribution in [0.5, 0.6) is 11.5 Å². The second-order valence-corrected chi connectivity index (χ2v) is 11.1. The van der Waals surface area contributed by atoms with Crippen molar-refractivity contribution in [3.05, 3.63) is 88.0 Å². The van der Waals surface area contributed by atoms with E-state index in [9.17, 15) is 9.59 Å². The van der Waals surface area contributed by atoms with Crippen molar-refractivity contribution in [2.45, 2.75) is 39.8 Å². The fraction of sp³-hybridized carbons (Fsp3) is 0.276. The first-order valence-electron chi connectivity index (χ1n) is 12.2. The molecule has 2 heterocycles. The number of esters is 1. The SMILES string of the molecule is C#CCOc1c(Br)cc(Cl)cc1/C=c1\sc2n(c1=O)[C@@H](c1ccccc1OC(C)C)C(C(=O)OCC)=C(C)N=2. The van der Waals surface area contributed by atoms with Crippen LogP contribution < -0.4 is 24.4 Å². The highest BCUT2D eigenvalue weighted by atomic mass is 79.9. The normalized spacial score (nSPS) is 15.0. The number of hydrogen-bond donors (Lipinski definition) is 0. The fourth-order valence-corrected chi connectivity index (χ4v) is 6.23. The summed E-state index contributed by atoms with van der Waals surface area (Å²) in [5.41, 5.74) is 1.63. The molecular weight excluding hydrogens is 604 g/mol. The van der Waals surface area contributed by atoms with Crippen molar-refractivity contribution in [1.82, 2.24) is 4.57 Å². The first-order valence-corrected chi connectivity index (χ1v) is 14.2. The second-order valence-electron chi connectivity index (χ2n) is 8.81. The molecule has 1 aromatic heterocycles. The number of carbonyl (C=O) groups is 1. The van der Waals surface area contributed by atoms with E-state index in [1.165, 1.54) is 15.9 Å². The summed E-state index contributed by atoms with van der Waals surface area (Å²) in [7, 11) is 0. The number of nitrogens with zero attached hydrogens (tertiary/aromatic N) is 2. The van der Waals surface area contributed by atoms with Crippen LogP contribution in [0.3, 0.4) is 0 Å². The maximum atomic E-state index is 14.0. The van der Waals surface area contributed by atoms with Gasteiger partial charge in [-0.05, 0) is 67.9 Å². The Hall–Kier alpha value is -3.32. The molecule has 4 rings (SSSR count). The Balaban J connectivity index is 2.00. The Morgan fingerprint density at radius 1 is 1.33 bits per heavy atom. The number of rotatable bonds is 8. The van der Waals surface area contributed by atoms with Crippen molar-refractivity contribution in [2.75, 3.05) is 13.2 Å². The number of carbonyl (C=O) groups excluding carboxylic acids is 1. The van der Waals surface area contributed by atoms with Crippen LogP contribution in [0.4, 0.5) is 0 Å². The van der Waals surface area contributed by atoms with E-state index in [-0.39, 0.29) is 30.5 Å². The monoisotopic (exact) mass is 628 g/mol. The number of halogens is 2. The molecule has 0 saturated heterocycles. The van der Waals surface area contributed by atoms with Gasteiger partial charge in [0.1, 0.15) is 24.1 Å². The van der Waals surface area contributed by atoms with Crippen molar-refractivity contribution in [2.24, 2.45) is 4.99 Å². The van der Waals surface area contributed by atoms with E-state index in [0.29, 0.717) is 47.2 Å². The van der Waals surface area contributed by atoms with Crippen LogP contribution in [-0.4, -0.2) is 29.9 Å². The second kappa shape index (κ2) is 12.2. The zero-order chi connectivity index (χ0) is 28.3. The van der Waals surface area contributed by atoms with Gasteiger partial charge in [0, 0.05) is 16.1 Å². The van der Waals surface area contributed by atoms with Gasteiger partial charge in [0.15, 0.2) is 4.80 Å². The third-order valence-corrected chi connectivity index (χ3v) is 7.51. The van der Waals surface area contributed by atoms with Crippen LogP contribution >= 0.6 is 38.9 Å². The lowest BCUT2D eigenvalue weighted by molar-refractivity contribution is -0.139. The van der Waals surface area contributed by atoms with E-state index < -0.39 is 12.0 Å². The Kier molecular flexibility index (Phi) is 9.01. The summed E-state index contributed by atoms with van der Waals surface area (Å²) in [5, 5.41) is 0.451. The van der Waals surface area contributed by atoms with E-state index in [4.69, 9.17) is 32.2 Å². The highest BCUT2D eigenvalue weighted by molar-refractivity contribution is 9.10. The van der Waals surface area contributed by atoms with E-state index in [1.54, 1.807) is 32.1 Å². The van der Waals surface area contributed by atoms with Crippen molar-refractivity contribution < 1.29 is 19.0 Å². The van der Waals surface area contributed by atoms with Gasteiger partial charge in [-0.25, -0.2) is 9.79 Å². The molecule has 39 heavy (non-hydrogen) atoms. The molecule has 0 N–H and O–H groups in total. The van der Waals surface area contributed by atoms with Gasteiger partial charge in [-0.1, -0.05) is 47.1 Å². The van der Waals surface area contributed by atoms with Crippen LogP contribution in [0, 0.1) is 12.3 Å². The molecule has 0 bridgehead atoms. The molecule has 10 heteroatoms. The van der Waals surface area contributed by atoms with Crippen molar-refractivity contribution in [3.63, 3.8) is 0 Å². The molecule has 0 aliphatic carbocycles. The van der Waals surface area contributed by atoms with Crippen LogP contribution in [0.15, 0.2) is 61.9 Å². The molecule has 0 spiro atoms. The van der Waals surface area contributed by atoms with E-state index >= 15 is 0 Å². The minimum atomic E-state index is -0.805. The molecule has 0 amide bonds. The van der Waals surface area contributed by atoms with Gasteiger partial charge in [0.25, 0.3) is 5.56 Å². The molecule has 0 radical (unpaired) electrons. The van der Waals surface area contributed by atoms with Crippen molar-refractivity contribution >= 4 is 50.9 Å². The third-order valence-electron chi connectivity index (χ3n) is 5.72. The number of allylic oxidation sites excluding steroid dienone is 1. The zero-order valence-corrected chi connectivity index (χ0v) is 24.9. The molecule has 1 aliphatic heterocycles. The van der Waals surface area contributed by atoms with Gasteiger partial charge in [0.05, 0.1) is 33.0 Å². The molecule has 1 atom stereocenters. The van der Waals surface area contributed by atoms with Crippen LogP contribution in [0.25, 0.3) is 6.08 Å². The topological polar surface area (TPSA) is 79.1 Å². The summed E-state index contributed by atoms with van der Waals surface area (Å²) in [6, 6.07) is 9.93. The summed E-state index contributed by atoms with van der Waals surface area (Å²) in [6.07, 6.45) is 6.95. The van der Waals surface area contributed by atoms with E-state index in [2.05, 4.69) is 26.8 Å².